The van der Waals surface area contributed by atoms with Crippen LogP contribution in [-0.4, -0.2) is 15.0 Å². The highest BCUT2D eigenvalue weighted by Gasteiger charge is 2.32. The molecule has 4 rings (SSSR count). The summed E-state index contributed by atoms with van der Waals surface area (Å²) in [4.78, 5) is 14.3. The van der Waals surface area contributed by atoms with Gasteiger partial charge in [0.05, 0.1) is 0 Å². The van der Waals surface area contributed by atoms with Gasteiger partial charge in [-0.05, 0) is 72.8 Å². The lowest BCUT2D eigenvalue weighted by atomic mass is 9.76. The second-order valence-electron chi connectivity index (χ2n) is 13.3. The van der Waals surface area contributed by atoms with Crippen molar-refractivity contribution in [3.63, 3.8) is 0 Å². The smallest absolute Gasteiger partial charge is 0.142 e. The number of hydrogen-bond acceptors (Lipinski definition) is 3. The van der Waals surface area contributed by atoms with E-state index in [1.807, 2.05) is 6.07 Å². The van der Waals surface area contributed by atoms with Crippen molar-refractivity contribution in [3.8, 4) is 0 Å². The maximum atomic E-state index is 5.03. The molecule has 0 saturated carbocycles. The van der Waals surface area contributed by atoms with Crippen molar-refractivity contribution in [3.05, 3.63) is 125 Å². The van der Waals surface area contributed by atoms with Gasteiger partial charge in [0, 0.05) is 10.8 Å². The third kappa shape index (κ3) is 5.72. The van der Waals surface area contributed by atoms with Crippen LogP contribution in [0.1, 0.15) is 102 Å². The summed E-state index contributed by atoms with van der Waals surface area (Å²) >= 11 is 0. The molecular weight excluding hydrogens is 462 g/mol. The molecule has 1 heterocycles. The van der Waals surface area contributed by atoms with Crippen molar-refractivity contribution < 1.29 is 0 Å². The molecule has 3 heteroatoms. The van der Waals surface area contributed by atoms with Gasteiger partial charge in [0.15, 0.2) is 0 Å². The van der Waals surface area contributed by atoms with Crippen molar-refractivity contribution >= 4 is 0 Å². The number of hydrogen-bond donors (Lipinski definition) is 0. The van der Waals surface area contributed by atoms with Gasteiger partial charge >= 0.3 is 0 Å². The Morgan fingerprint density at radius 3 is 1.63 bits per heavy atom. The van der Waals surface area contributed by atoms with Crippen molar-refractivity contribution in [2.75, 3.05) is 0 Å². The van der Waals surface area contributed by atoms with Gasteiger partial charge < -0.3 is 0 Å². The van der Waals surface area contributed by atoms with Crippen LogP contribution in [0.15, 0.2) is 85.2 Å². The molecule has 0 fully saturated rings. The van der Waals surface area contributed by atoms with Crippen molar-refractivity contribution in [1.29, 1.82) is 0 Å². The zero-order valence-corrected chi connectivity index (χ0v) is 24.6. The first-order valence-corrected chi connectivity index (χ1v) is 13.7. The van der Waals surface area contributed by atoms with E-state index in [1.54, 1.807) is 6.33 Å². The number of rotatable bonds is 7. The van der Waals surface area contributed by atoms with Crippen LogP contribution in [0.5, 0.6) is 0 Å². The molecule has 0 aliphatic heterocycles. The third-order valence-corrected chi connectivity index (χ3v) is 8.01. The highest BCUT2D eigenvalue weighted by atomic mass is 15.0. The van der Waals surface area contributed by atoms with Crippen LogP contribution >= 0.6 is 0 Å². The molecule has 0 amide bonds. The number of benzene rings is 3. The monoisotopic (exact) mass is 505 g/mol. The SMILES string of the molecule is CC(C)(C)c1ccc(C(C)(C)Cc2cccc(C(C)(C)c3ncnc(C(C)(C)c4ccccc4)n3)c2)cc1. The minimum Gasteiger partial charge on any atom is -0.220 e. The van der Waals surface area contributed by atoms with E-state index in [1.165, 1.54) is 27.8 Å². The van der Waals surface area contributed by atoms with E-state index in [9.17, 15) is 0 Å². The largest absolute Gasteiger partial charge is 0.220 e. The van der Waals surface area contributed by atoms with E-state index < -0.39 is 0 Å². The molecule has 198 valence electrons. The Morgan fingerprint density at radius 2 is 1.05 bits per heavy atom. The first kappa shape index (κ1) is 27.7. The molecule has 3 aromatic carbocycles. The second-order valence-corrected chi connectivity index (χ2v) is 13.3. The number of aromatic nitrogens is 3. The van der Waals surface area contributed by atoms with Crippen molar-refractivity contribution in [1.82, 2.24) is 15.0 Å². The summed E-state index contributed by atoms with van der Waals surface area (Å²) in [5.41, 5.74) is 5.95. The Bertz CT molecular complexity index is 1370. The molecule has 38 heavy (non-hydrogen) atoms. The summed E-state index contributed by atoms with van der Waals surface area (Å²) < 4.78 is 0. The molecular formula is C35H43N3. The molecule has 0 aliphatic carbocycles. The highest BCUT2D eigenvalue weighted by molar-refractivity contribution is 5.38. The average molecular weight is 506 g/mol. The summed E-state index contributed by atoms with van der Waals surface area (Å²) in [5, 5.41) is 0. The van der Waals surface area contributed by atoms with Gasteiger partial charge in [-0.2, -0.15) is 0 Å². The van der Waals surface area contributed by atoms with Crippen LogP contribution in [0.4, 0.5) is 0 Å². The first-order valence-electron chi connectivity index (χ1n) is 13.7. The van der Waals surface area contributed by atoms with Crippen LogP contribution < -0.4 is 0 Å². The Labute approximate surface area is 229 Å². The van der Waals surface area contributed by atoms with Gasteiger partial charge in [0.1, 0.15) is 18.0 Å². The Morgan fingerprint density at radius 1 is 0.526 bits per heavy atom. The van der Waals surface area contributed by atoms with Crippen LogP contribution in [0.3, 0.4) is 0 Å². The van der Waals surface area contributed by atoms with Gasteiger partial charge in [-0.15, -0.1) is 0 Å². The molecule has 0 N–H and O–H groups in total. The lowest BCUT2D eigenvalue weighted by Gasteiger charge is -2.29. The molecule has 0 bridgehead atoms. The maximum Gasteiger partial charge on any atom is 0.142 e. The molecule has 0 atom stereocenters. The molecule has 4 aromatic rings. The van der Waals surface area contributed by atoms with Crippen LogP contribution in [0.25, 0.3) is 0 Å². The molecule has 1 aromatic heterocycles. The van der Waals surface area contributed by atoms with E-state index in [0.29, 0.717) is 0 Å². The van der Waals surface area contributed by atoms with E-state index in [-0.39, 0.29) is 21.7 Å². The van der Waals surface area contributed by atoms with E-state index in [4.69, 9.17) is 4.98 Å². The van der Waals surface area contributed by atoms with Gasteiger partial charge in [-0.25, -0.2) is 15.0 Å². The minimum atomic E-state index is -0.362. The lowest BCUT2D eigenvalue weighted by molar-refractivity contribution is 0.516. The van der Waals surface area contributed by atoms with Crippen LogP contribution in [0.2, 0.25) is 0 Å². The predicted octanol–water partition coefficient (Wildman–Crippen LogP) is 8.34. The Kier molecular flexibility index (Phi) is 7.36. The average Bonchev–Trinajstić information content (AvgIpc) is 2.89. The summed E-state index contributed by atoms with van der Waals surface area (Å²) in [6.45, 7) is 20.2. The third-order valence-electron chi connectivity index (χ3n) is 8.01. The summed E-state index contributed by atoms with van der Waals surface area (Å²) in [6.07, 6.45) is 2.62. The van der Waals surface area contributed by atoms with Crippen molar-refractivity contribution in [2.24, 2.45) is 0 Å². The van der Waals surface area contributed by atoms with E-state index in [2.05, 4.69) is 145 Å². The standard InChI is InChI=1S/C35H43N3/c1-32(2,3)26-18-20-27(21-19-26)33(4,5)23-25-14-13-17-29(22-25)35(8,9)31-37-24-36-30(38-31)34(6,7)28-15-11-10-12-16-28/h10-22,24H,23H2,1-9H3. The zero-order valence-electron chi connectivity index (χ0n) is 24.6. The topological polar surface area (TPSA) is 38.7 Å². The van der Waals surface area contributed by atoms with Crippen LogP contribution in [0, 0.1) is 0 Å². The van der Waals surface area contributed by atoms with E-state index in [0.717, 1.165) is 18.1 Å². The zero-order chi connectivity index (χ0) is 27.8. The van der Waals surface area contributed by atoms with Crippen molar-refractivity contribution in [2.45, 2.75) is 90.4 Å². The summed E-state index contributed by atoms with van der Waals surface area (Å²) in [6, 6.07) is 28.5. The second kappa shape index (κ2) is 10.1. The Balaban J connectivity index is 1.61. The lowest BCUT2D eigenvalue weighted by Crippen LogP contribution is -2.28. The number of nitrogens with zero attached hydrogens (tertiary/aromatic N) is 3. The quantitative estimate of drug-likeness (QED) is 0.253. The normalized spacial score (nSPS) is 13.0. The highest BCUT2D eigenvalue weighted by Crippen LogP contribution is 2.35. The van der Waals surface area contributed by atoms with Gasteiger partial charge in [0.2, 0.25) is 0 Å². The summed E-state index contributed by atoms with van der Waals surface area (Å²) in [7, 11) is 0. The molecule has 0 saturated heterocycles. The maximum absolute atomic E-state index is 5.03. The van der Waals surface area contributed by atoms with Gasteiger partial charge in [-0.1, -0.05) is 113 Å². The Hall–Kier alpha value is -3.33. The predicted molar refractivity (Wildman–Crippen MR) is 159 cm³/mol. The first-order chi connectivity index (χ1) is 17.7. The molecule has 0 unspecified atom stereocenters. The van der Waals surface area contributed by atoms with E-state index >= 15 is 0 Å². The van der Waals surface area contributed by atoms with Gasteiger partial charge in [0.25, 0.3) is 0 Å². The fourth-order valence-corrected chi connectivity index (χ4v) is 5.12. The molecule has 0 spiro atoms. The minimum absolute atomic E-state index is 0.0131. The fraction of sp³-hybridized carbons (Fsp3) is 0.400. The molecule has 3 nitrogen and oxygen atoms in total. The van der Waals surface area contributed by atoms with Gasteiger partial charge in [-0.3, -0.25) is 0 Å². The molecule has 0 aliphatic rings. The molecule has 0 radical (unpaired) electrons. The van der Waals surface area contributed by atoms with Crippen LogP contribution in [-0.2, 0) is 28.1 Å². The fourth-order valence-electron chi connectivity index (χ4n) is 5.12. The summed E-state index contributed by atoms with van der Waals surface area (Å²) in [5.74, 6) is 1.58.